The Labute approximate surface area is 123 Å². The molecule has 0 aromatic heterocycles. The molecule has 1 aromatic rings. The first-order chi connectivity index (χ1) is 9.72. The predicted octanol–water partition coefficient (Wildman–Crippen LogP) is 1.69. The van der Waals surface area contributed by atoms with E-state index in [9.17, 15) is 0 Å². The third-order valence-electron chi connectivity index (χ3n) is 3.47. The van der Waals surface area contributed by atoms with Gasteiger partial charge in [0.05, 0.1) is 11.2 Å². The number of hydrogen-bond donors (Lipinski definition) is 0. The summed E-state index contributed by atoms with van der Waals surface area (Å²) in [5.74, 6) is 1.33. The summed E-state index contributed by atoms with van der Waals surface area (Å²) in [4.78, 5) is 2.30. The molecule has 0 aliphatic carbocycles. The molecule has 0 N–H and O–H groups in total. The number of fused-ring (bicyclic) bond motifs is 1. The molecule has 20 heavy (non-hydrogen) atoms. The van der Waals surface area contributed by atoms with Gasteiger partial charge in [0.15, 0.2) is 11.5 Å². The fourth-order valence-electron chi connectivity index (χ4n) is 2.27. The van der Waals surface area contributed by atoms with Gasteiger partial charge in [-0.3, -0.25) is 5.01 Å². The molecule has 1 saturated heterocycles. The Morgan fingerprint density at radius 1 is 1.15 bits per heavy atom. The second kappa shape index (κ2) is 5.89. The van der Waals surface area contributed by atoms with E-state index >= 15 is 0 Å². The zero-order chi connectivity index (χ0) is 13.9. The first-order valence-corrected chi connectivity index (χ1v) is 7.17. The number of nitrogens with zero attached hydrogens (tertiary/aromatic N) is 3. The molecular formula is C14H18ClN3O2. The van der Waals surface area contributed by atoms with E-state index in [0.717, 1.165) is 31.7 Å². The van der Waals surface area contributed by atoms with Crippen LogP contribution in [0.3, 0.4) is 0 Å². The Morgan fingerprint density at radius 3 is 2.70 bits per heavy atom. The molecule has 0 atom stereocenters. The average molecular weight is 296 g/mol. The van der Waals surface area contributed by atoms with Gasteiger partial charge >= 0.3 is 0 Å². The van der Waals surface area contributed by atoms with Gasteiger partial charge in [-0.05, 0) is 24.7 Å². The number of ether oxygens (including phenoxy) is 2. The number of piperazine rings is 1. The summed E-state index contributed by atoms with van der Waals surface area (Å²) in [6.07, 6.45) is 1.83. The topological polar surface area (TPSA) is 37.3 Å². The van der Waals surface area contributed by atoms with Gasteiger partial charge in [0, 0.05) is 26.2 Å². The lowest BCUT2D eigenvalue weighted by molar-refractivity contribution is 0.159. The van der Waals surface area contributed by atoms with Crippen LogP contribution in [0.15, 0.2) is 17.2 Å². The highest BCUT2D eigenvalue weighted by atomic mass is 35.5. The molecule has 1 fully saturated rings. The summed E-state index contributed by atoms with van der Waals surface area (Å²) < 4.78 is 11.1. The first-order valence-electron chi connectivity index (χ1n) is 6.79. The Morgan fingerprint density at radius 2 is 1.90 bits per heavy atom. The van der Waals surface area contributed by atoms with Crippen LogP contribution in [0.25, 0.3) is 0 Å². The summed E-state index contributed by atoms with van der Waals surface area (Å²) in [7, 11) is 2.13. The Hall–Kier alpha value is -1.46. The van der Waals surface area contributed by atoms with Gasteiger partial charge in [-0.1, -0.05) is 11.6 Å². The van der Waals surface area contributed by atoms with Crippen molar-refractivity contribution in [2.75, 3.05) is 46.4 Å². The minimum atomic E-state index is 0.543. The van der Waals surface area contributed by atoms with Crippen LogP contribution in [0, 0.1) is 0 Å². The third kappa shape index (κ3) is 2.99. The lowest BCUT2D eigenvalue weighted by atomic mass is 10.2. The van der Waals surface area contributed by atoms with Crippen LogP contribution in [0.1, 0.15) is 5.56 Å². The molecule has 5 nitrogen and oxygen atoms in total. The lowest BCUT2D eigenvalue weighted by Gasteiger charge is -2.30. The molecule has 2 aliphatic heterocycles. The van der Waals surface area contributed by atoms with E-state index in [1.54, 1.807) is 0 Å². The van der Waals surface area contributed by atoms with E-state index in [1.165, 1.54) is 0 Å². The quantitative estimate of drug-likeness (QED) is 0.778. The predicted molar refractivity (Wildman–Crippen MR) is 79.1 cm³/mol. The fraction of sp³-hybridized carbons (Fsp3) is 0.500. The molecule has 0 radical (unpaired) electrons. The van der Waals surface area contributed by atoms with Gasteiger partial charge < -0.3 is 14.4 Å². The maximum Gasteiger partial charge on any atom is 0.179 e. The summed E-state index contributed by atoms with van der Waals surface area (Å²) in [5, 5.41) is 7.15. The molecule has 0 bridgehead atoms. The molecule has 6 heteroatoms. The molecule has 1 aromatic carbocycles. The van der Waals surface area contributed by atoms with Crippen molar-refractivity contribution >= 4 is 17.8 Å². The normalized spacial score (nSPS) is 19.6. The van der Waals surface area contributed by atoms with Crippen molar-refractivity contribution in [3.8, 4) is 11.5 Å². The van der Waals surface area contributed by atoms with Gasteiger partial charge in [0.1, 0.15) is 13.2 Å². The Kier molecular flexibility index (Phi) is 3.98. The number of hydrogen-bond acceptors (Lipinski definition) is 5. The first kappa shape index (κ1) is 13.5. The van der Waals surface area contributed by atoms with Crippen LogP contribution >= 0.6 is 11.6 Å². The van der Waals surface area contributed by atoms with Crippen molar-refractivity contribution in [3.63, 3.8) is 0 Å². The molecule has 108 valence electrons. The average Bonchev–Trinajstić information content (AvgIpc) is 2.47. The van der Waals surface area contributed by atoms with Crippen LogP contribution in [0.4, 0.5) is 0 Å². The largest absolute Gasteiger partial charge is 0.486 e. The number of hydrazone groups is 1. The monoisotopic (exact) mass is 295 g/mol. The lowest BCUT2D eigenvalue weighted by Crippen LogP contribution is -2.41. The van der Waals surface area contributed by atoms with Gasteiger partial charge in [-0.25, -0.2) is 0 Å². The Bertz CT molecular complexity index is 513. The summed E-state index contributed by atoms with van der Waals surface area (Å²) >= 11 is 6.20. The van der Waals surface area contributed by atoms with Crippen molar-refractivity contribution < 1.29 is 9.47 Å². The van der Waals surface area contributed by atoms with Crippen LogP contribution in [0.5, 0.6) is 11.5 Å². The van der Waals surface area contributed by atoms with E-state index in [4.69, 9.17) is 21.1 Å². The van der Waals surface area contributed by atoms with Crippen LogP contribution in [0.2, 0.25) is 5.02 Å². The smallest absolute Gasteiger partial charge is 0.179 e. The third-order valence-corrected chi connectivity index (χ3v) is 3.75. The van der Waals surface area contributed by atoms with Gasteiger partial charge in [0.2, 0.25) is 0 Å². The highest BCUT2D eigenvalue weighted by Crippen LogP contribution is 2.37. The van der Waals surface area contributed by atoms with E-state index in [-0.39, 0.29) is 0 Å². The molecule has 2 heterocycles. The molecule has 0 saturated carbocycles. The SMILES string of the molecule is CN1CCN(/N=C\c2cc(Cl)c3c(c2)OCCO3)CC1. The zero-order valence-corrected chi connectivity index (χ0v) is 12.3. The highest BCUT2D eigenvalue weighted by Gasteiger charge is 2.16. The van der Waals surface area contributed by atoms with Crippen molar-refractivity contribution in [2.24, 2.45) is 5.10 Å². The number of benzene rings is 1. The van der Waals surface area contributed by atoms with E-state index in [0.29, 0.717) is 29.7 Å². The second-order valence-corrected chi connectivity index (χ2v) is 5.44. The molecule has 3 rings (SSSR count). The maximum absolute atomic E-state index is 6.20. The van der Waals surface area contributed by atoms with Crippen LogP contribution < -0.4 is 9.47 Å². The zero-order valence-electron chi connectivity index (χ0n) is 11.5. The number of halogens is 1. The standard InChI is InChI=1S/C14H18ClN3O2/c1-17-2-4-18(5-3-17)16-10-11-8-12(15)14-13(9-11)19-6-7-20-14/h8-10H,2-7H2,1H3/b16-10-. The van der Waals surface area contributed by atoms with Crippen LogP contribution in [-0.2, 0) is 0 Å². The molecular weight excluding hydrogens is 278 g/mol. The van der Waals surface area contributed by atoms with Crippen molar-refractivity contribution in [1.82, 2.24) is 9.91 Å². The maximum atomic E-state index is 6.20. The number of likely N-dealkylation sites (N-methyl/N-ethyl adjacent to an activating group) is 1. The second-order valence-electron chi connectivity index (χ2n) is 5.03. The van der Waals surface area contributed by atoms with E-state index in [2.05, 4.69) is 22.1 Å². The molecule has 2 aliphatic rings. The van der Waals surface area contributed by atoms with Crippen molar-refractivity contribution in [1.29, 1.82) is 0 Å². The Balaban J connectivity index is 1.72. The van der Waals surface area contributed by atoms with E-state index in [1.807, 2.05) is 18.3 Å². The summed E-state index contributed by atoms with van der Waals surface area (Å²) in [6.45, 7) is 5.08. The molecule has 0 amide bonds. The minimum Gasteiger partial charge on any atom is -0.486 e. The van der Waals surface area contributed by atoms with Gasteiger partial charge in [-0.2, -0.15) is 5.10 Å². The fourth-order valence-corrected chi connectivity index (χ4v) is 2.54. The van der Waals surface area contributed by atoms with Crippen molar-refractivity contribution in [3.05, 3.63) is 22.7 Å². The highest BCUT2D eigenvalue weighted by molar-refractivity contribution is 6.32. The van der Waals surface area contributed by atoms with Crippen LogP contribution in [-0.4, -0.2) is 62.6 Å². The molecule has 0 unspecified atom stereocenters. The van der Waals surface area contributed by atoms with Gasteiger partial charge in [0.25, 0.3) is 0 Å². The van der Waals surface area contributed by atoms with Crippen molar-refractivity contribution in [2.45, 2.75) is 0 Å². The summed E-state index contributed by atoms with van der Waals surface area (Å²) in [6, 6.07) is 3.77. The van der Waals surface area contributed by atoms with E-state index < -0.39 is 0 Å². The minimum absolute atomic E-state index is 0.543. The van der Waals surface area contributed by atoms with Gasteiger partial charge in [-0.15, -0.1) is 0 Å². The number of rotatable bonds is 2. The molecule has 0 spiro atoms. The summed E-state index contributed by atoms with van der Waals surface area (Å²) in [5.41, 5.74) is 0.929.